The van der Waals surface area contributed by atoms with Gasteiger partial charge in [-0.15, -0.1) is 0 Å². The van der Waals surface area contributed by atoms with E-state index in [1.54, 1.807) is 33.2 Å². The average Bonchev–Trinajstić information content (AvgIpc) is 3.61. The van der Waals surface area contributed by atoms with Gasteiger partial charge in [-0.2, -0.15) is 10.1 Å². The second-order valence-corrected chi connectivity index (χ2v) is 12.5. The highest BCUT2D eigenvalue weighted by molar-refractivity contribution is 5.72. The van der Waals surface area contributed by atoms with Gasteiger partial charge in [0.2, 0.25) is 0 Å². The van der Waals surface area contributed by atoms with E-state index in [1.165, 1.54) is 21.9 Å². The van der Waals surface area contributed by atoms with Crippen molar-refractivity contribution in [2.75, 3.05) is 13.7 Å². The van der Waals surface area contributed by atoms with Crippen LogP contribution in [0.1, 0.15) is 49.6 Å². The summed E-state index contributed by atoms with van der Waals surface area (Å²) in [5.74, 6) is 0.384. The predicted molar refractivity (Wildman–Crippen MR) is 175 cm³/mol. The first kappa shape index (κ1) is 31.5. The molecular formula is C37H37N5O6. The number of nitrogens with zero attached hydrogens (tertiary/aromatic N) is 5. The van der Waals surface area contributed by atoms with Crippen molar-refractivity contribution < 1.29 is 23.7 Å². The predicted octanol–water partition coefficient (Wildman–Crippen LogP) is 5.09. The number of rotatable bonds is 11. The molecule has 0 unspecified atom stereocenters. The number of carbonyl (C=O) groups is 1. The average molecular weight is 648 g/mol. The van der Waals surface area contributed by atoms with Crippen molar-refractivity contribution in [2.24, 2.45) is 11.3 Å². The van der Waals surface area contributed by atoms with Gasteiger partial charge >= 0.3 is 11.7 Å². The zero-order valence-electron chi connectivity index (χ0n) is 27.0. The molecule has 7 rings (SSSR count). The van der Waals surface area contributed by atoms with Crippen LogP contribution in [0, 0.1) is 11.3 Å². The van der Waals surface area contributed by atoms with E-state index in [4.69, 9.17) is 18.9 Å². The van der Waals surface area contributed by atoms with Gasteiger partial charge in [-0.3, -0.25) is 9.36 Å². The normalized spacial score (nSPS) is 19.8. The summed E-state index contributed by atoms with van der Waals surface area (Å²) < 4.78 is 28.5. The topological polar surface area (TPSA) is 120 Å². The number of carbonyl (C=O) groups excluding carboxylic acids is 1. The zero-order chi connectivity index (χ0) is 33.3. The van der Waals surface area contributed by atoms with Crippen molar-refractivity contribution in [3.63, 3.8) is 0 Å². The fourth-order valence-corrected chi connectivity index (χ4v) is 6.65. The van der Waals surface area contributed by atoms with Crippen LogP contribution in [0.5, 0.6) is 5.75 Å². The lowest BCUT2D eigenvalue weighted by atomic mass is 9.80. The molecule has 246 valence electrons. The van der Waals surface area contributed by atoms with Gasteiger partial charge in [-0.25, -0.2) is 14.5 Å². The SMILES string of the molecule is COc1ccc(C(OC[C@H]2O[C@@H](n3ccc(-n4cncn4)nc3=O)C3(CC3)[C@@H]2OC(=O)C(C)C)(c2ccccc2)c2ccccc2)cc1. The van der Waals surface area contributed by atoms with Gasteiger partial charge in [0.25, 0.3) is 0 Å². The van der Waals surface area contributed by atoms with Crippen LogP contribution in [0.4, 0.5) is 0 Å². The molecule has 0 bridgehead atoms. The van der Waals surface area contributed by atoms with Crippen LogP contribution in [-0.4, -0.2) is 56.2 Å². The third-order valence-electron chi connectivity index (χ3n) is 9.28. The summed E-state index contributed by atoms with van der Waals surface area (Å²) in [6.45, 7) is 3.66. The molecule has 1 saturated heterocycles. The zero-order valence-corrected chi connectivity index (χ0v) is 27.0. The van der Waals surface area contributed by atoms with E-state index in [0.717, 1.165) is 22.4 Å². The maximum Gasteiger partial charge on any atom is 0.351 e. The number of esters is 1. The van der Waals surface area contributed by atoms with E-state index in [-0.39, 0.29) is 18.5 Å². The summed E-state index contributed by atoms with van der Waals surface area (Å²) in [5.41, 5.74) is 0.541. The summed E-state index contributed by atoms with van der Waals surface area (Å²) in [6.07, 6.45) is 3.87. The van der Waals surface area contributed by atoms with Gasteiger partial charge in [0.1, 0.15) is 42.4 Å². The molecule has 11 heteroatoms. The van der Waals surface area contributed by atoms with Gasteiger partial charge in [0.15, 0.2) is 5.82 Å². The molecule has 1 spiro atoms. The molecule has 1 aliphatic heterocycles. The highest BCUT2D eigenvalue weighted by atomic mass is 16.6. The van der Waals surface area contributed by atoms with Crippen molar-refractivity contribution in [1.82, 2.24) is 24.3 Å². The minimum absolute atomic E-state index is 0.0589. The minimum atomic E-state index is -1.06. The minimum Gasteiger partial charge on any atom is -0.497 e. The molecule has 11 nitrogen and oxygen atoms in total. The van der Waals surface area contributed by atoms with Gasteiger partial charge in [-0.1, -0.05) is 86.6 Å². The van der Waals surface area contributed by atoms with Crippen LogP contribution < -0.4 is 10.4 Å². The molecule has 3 atom stereocenters. The Morgan fingerprint density at radius 3 is 2.15 bits per heavy atom. The molecule has 0 N–H and O–H groups in total. The number of benzene rings is 3. The Morgan fingerprint density at radius 1 is 0.958 bits per heavy atom. The van der Waals surface area contributed by atoms with Crippen LogP contribution in [0.25, 0.3) is 5.82 Å². The maximum atomic E-state index is 13.5. The Kier molecular flexibility index (Phi) is 8.40. The second kappa shape index (κ2) is 12.8. The fraction of sp³-hybridized carbons (Fsp3) is 0.324. The van der Waals surface area contributed by atoms with E-state index < -0.39 is 35.1 Å². The molecule has 2 fully saturated rings. The van der Waals surface area contributed by atoms with Gasteiger partial charge in [0, 0.05) is 6.20 Å². The molecule has 2 aliphatic rings. The number of methoxy groups -OCH3 is 1. The lowest BCUT2D eigenvalue weighted by molar-refractivity contribution is -0.161. The van der Waals surface area contributed by atoms with E-state index >= 15 is 0 Å². The molecular weight excluding hydrogens is 610 g/mol. The third-order valence-corrected chi connectivity index (χ3v) is 9.28. The molecule has 0 amide bonds. The smallest absolute Gasteiger partial charge is 0.351 e. The number of hydrogen-bond acceptors (Lipinski definition) is 9. The number of ether oxygens (including phenoxy) is 4. The third kappa shape index (κ3) is 5.58. The Morgan fingerprint density at radius 2 is 1.60 bits per heavy atom. The summed E-state index contributed by atoms with van der Waals surface area (Å²) in [7, 11) is 1.64. The van der Waals surface area contributed by atoms with E-state index in [9.17, 15) is 9.59 Å². The lowest BCUT2D eigenvalue weighted by Gasteiger charge is -2.37. The van der Waals surface area contributed by atoms with Crippen molar-refractivity contribution >= 4 is 5.97 Å². The summed E-state index contributed by atoms with van der Waals surface area (Å²) >= 11 is 0. The quantitative estimate of drug-likeness (QED) is 0.143. The molecule has 2 aromatic heterocycles. The molecule has 5 aromatic rings. The van der Waals surface area contributed by atoms with E-state index in [0.29, 0.717) is 18.7 Å². The first-order valence-corrected chi connectivity index (χ1v) is 16.1. The van der Waals surface area contributed by atoms with Crippen molar-refractivity contribution in [2.45, 2.75) is 50.7 Å². The Balaban J connectivity index is 1.29. The standard InChI is InChI=1S/C37H37N5O6/c1-25(2)33(43)48-32-30(47-34(36(32)19-20-36)41-21-18-31(40-35(41)44)42-24-38-23-39-42)22-46-37(26-10-6-4-7-11-26,27-12-8-5-9-13-27)28-14-16-29(45-3)17-15-28/h4-18,21,23-25,30,32,34H,19-20,22H2,1-3H3/t30-,32-,34-/m1/s1. The monoisotopic (exact) mass is 647 g/mol. The summed E-state index contributed by atoms with van der Waals surface area (Å²) in [6, 6.07) is 29.5. The van der Waals surface area contributed by atoms with Crippen molar-refractivity contribution in [1.29, 1.82) is 0 Å². The van der Waals surface area contributed by atoms with E-state index in [2.05, 4.69) is 15.1 Å². The largest absolute Gasteiger partial charge is 0.497 e. The highest BCUT2D eigenvalue weighted by Gasteiger charge is 2.67. The highest BCUT2D eigenvalue weighted by Crippen LogP contribution is 2.63. The van der Waals surface area contributed by atoms with Crippen molar-refractivity contribution in [3.8, 4) is 11.6 Å². The molecule has 48 heavy (non-hydrogen) atoms. The van der Waals surface area contributed by atoms with Crippen molar-refractivity contribution in [3.05, 3.63) is 137 Å². The first-order valence-electron chi connectivity index (χ1n) is 16.1. The van der Waals surface area contributed by atoms with E-state index in [1.807, 2.05) is 84.9 Å². The van der Waals surface area contributed by atoms with Gasteiger partial charge in [0.05, 0.1) is 25.0 Å². The summed E-state index contributed by atoms with van der Waals surface area (Å²) in [5, 5.41) is 4.08. The summed E-state index contributed by atoms with van der Waals surface area (Å²) in [4.78, 5) is 34.8. The Hall–Kier alpha value is -5.13. The van der Waals surface area contributed by atoms with Crippen LogP contribution in [0.2, 0.25) is 0 Å². The molecule has 1 aliphatic carbocycles. The van der Waals surface area contributed by atoms with Crippen LogP contribution in [0.15, 0.2) is 115 Å². The van der Waals surface area contributed by atoms with Gasteiger partial charge < -0.3 is 18.9 Å². The molecule has 0 radical (unpaired) electrons. The number of aromatic nitrogens is 5. The van der Waals surface area contributed by atoms with Crippen LogP contribution >= 0.6 is 0 Å². The van der Waals surface area contributed by atoms with Crippen LogP contribution in [-0.2, 0) is 24.6 Å². The van der Waals surface area contributed by atoms with Crippen LogP contribution in [0.3, 0.4) is 0 Å². The first-order chi connectivity index (χ1) is 23.4. The molecule has 3 aromatic carbocycles. The Bertz CT molecular complexity index is 1870. The maximum absolute atomic E-state index is 13.5. The van der Waals surface area contributed by atoms with Gasteiger partial charge in [-0.05, 0) is 47.7 Å². The molecule has 3 heterocycles. The second-order valence-electron chi connectivity index (χ2n) is 12.5. The lowest BCUT2D eigenvalue weighted by Crippen LogP contribution is -2.41. The fourth-order valence-electron chi connectivity index (χ4n) is 6.65. The molecule has 1 saturated carbocycles. The Labute approximate surface area is 278 Å². The number of hydrogen-bond donors (Lipinski definition) is 0.